The zero-order chi connectivity index (χ0) is 9.10. The van der Waals surface area contributed by atoms with Crippen molar-refractivity contribution in [3.05, 3.63) is 24.0 Å². The molecule has 0 spiro atoms. The lowest BCUT2D eigenvalue weighted by atomic mass is 9.94. The Morgan fingerprint density at radius 3 is 2.77 bits per heavy atom. The summed E-state index contributed by atoms with van der Waals surface area (Å²) in [5, 5.41) is 0. The van der Waals surface area contributed by atoms with Crippen LogP contribution in [0.15, 0.2) is 18.3 Å². The molecule has 0 atom stereocenters. The molecule has 1 aromatic heterocycles. The minimum atomic E-state index is 0.776. The van der Waals surface area contributed by atoms with E-state index in [0.29, 0.717) is 0 Å². The van der Waals surface area contributed by atoms with E-state index in [1.807, 2.05) is 6.20 Å². The molecule has 0 bridgehead atoms. The van der Waals surface area contributed by atoms with Crippen molar-refractivity contribution in [2.45, 2.75) is 25.7 Å². The fourth-order valence-electron chi connectivity index (χ4n) is 2.16. The predicted octanol–water partition coefficient (Wildman–Crippen LogP) is 2.21. The van der Waals surface area contributed by atoms with Crippen molar-refractivity contribution in [1.82, 2.24) is 9.88 Å². The maximum Gasteiger partial charge on any atom is 0.0179 e. The van der Waals surface area contributed by atoms with Crippen molar-refractivity contribution in [2.75, 3.05) is 19.6 Å². The van der Waals surface area contributed by atoms with Crippen molar-refractivity contribution in [2.24, 2.45) is 0 Å². The number of piperidine rings is 1. The molecule has 2 heterocycles. The van der Waals surface area contributed by atoms with Gasteiger partial charge in [-0.15, -0.1) is 0 Å². The molecule has 0 radical (unpaired) electrons. The van der Waals surface area contributed by atoms with E-state index < -0.39 is 0 Å². The third-order valence-electron chi connectivity index (χ3n) is 3.10. The van der Waals surface area contributed by atoms with E-state index in [9.17, 15) is 0 Å². The zero-order valence-corrected chi connectivity index (χ0v) is 8.29. The third-order valence-corrected chi connectivity index (χ3v) is 3.10. The maximum absolute atomic E-state index is 3.32. The van der Waals surface area contributed by atoms with Crippen LogP contribution in [0.2, 0.25) is 0 Å². The Balaban J connectivity index is 1.92. The van der Waals surface area contributed by atoms with E-state index in [4.69, 9.17) is 0 Å². The second-order valence-corrected chi connectivity index (χ2v) is 3.83. The Labute approximate surface area is 79.9 Å². The van der Waals surface area contributed by atoms with Crippen LogP contribution in [0.5, 0.6) is 0 Å². The number of likely N-dealkylation sites (tertiary alicyclic amines) is 1. The Kier molecular flexibility index (Phi) is 2.69. The summed E-state index contributed by atoms with van der Waals surface area (Å²) in [4.78, 5) is 5.85. The van der Waals surface area contributed by atoms with Gasteiger partial charge in [0.15, 0.2) is 0 Å². The molecule has 0 aliphatic carbocycles. The molecule has 0 saturated carbocycles. The van der Waals surface area contributed by atoms with Crippen LogP contribution in [-0.4, -0.2) is 29.5 Å². The van der Waals surface area contributed by atoms with Gasteiger partial charge < -0.3 is 9.88 Å². The van der Waals surface area contributed by atoms with Crippen LogP contribution < -0.4 is 0 Å². The van der Waals surface area contributed by atoms with Gasteiger partial charge in [0, 0.05) is 17.8 Å². The van der Waals surface area contributed by atoms with Crippen molar-refractivity contribution < 1.29 is 0 Å². The van der Waals surface area contributed by atoms with E-state index in [1.165, 1.54) is 38.2 Å². The summed E-state index contributed by atoms with van der Waals surface area (Å²) in [7, 11) is 0. The zero-order valence-electron chi connectivity index (χ0n) is 8.29. The highest BCUT2D eigenvalue weighted by atomic mass is 15.1. The normalized spacial score (nSPS) is 20.7. The molecule has 2 nitrogen and oxygen atoms in total. The molecule has 0 amide bonds. The molecule has 1 saturated heterocycles. The first kappa shape index (κ1) is 8.82. The van der Waals surface area contributed by atoms with E-state index in [1.54, 1.807) is 0 Å². The minimum absolute atomic E-state index is 0.776. The van der Waals surface area contributed by atoms with Gasteiger partial charge in [0.05, 0.1) is 0 Å². The van der Waals surface area contributed by atoms with Gasteiger partial charge in [-0.25, -0.2) is 0 Å². The number of H-pyrrole nitrogens is 1. The number of hydrogen-bond acceptors (Lipinski definition) is 1. The van der Waals surface area contributed by atoms with Crippen molar-refractivity contribution in [3.63, 3.8) is 0 Å². The average molecular weight is 178 g/mol. The smallest absolute Gasteiger partial charge is 0.0179 e. The minimum Gasteiger partial charge on any atom is -0.365 e. The van der Waals surface area contributed by atoms with Gasteiger partial charge in [0.25, 0.3) is 0 Å². The number of nitrogens with one attached hydrogen (secondary N) is 1. The number of aromatic nitrogens is 1. The second-order valence-electron chi connectivity index (χ2n) is 3.83. The fraction of sp³-hybridized carbons (Fsp3) is 0.636. The van der Waals surface area contributed by atoms with Gasteiger partial charge in [-0.3, -0.25) is 0 Å². The average Bonchev–Trinajstić information content (AvgIpc) is 2.71. The van der Waals surface area contributed by atoms with Gasteiger partial charge in [0.1, 0.15) is 0 Å². The molecule has 0 unspecified atom stereocenters. The standard InChI is InChI=1S/C11H18N2/c1-2-13-8-5-10(6-9-13)11-4-3-7-12-11/h3-4,7,10,12H,2,5-6,8-9H2,1H3. The first-order valence-electron chi connectivity index (χ1n) is 5.25. The van der Waals surface area contributed by atoms with E-state index >= 15 is 0 Å². The van der Waals surface area contributed by atoms with Gasteiger partial charge in [-0.1, -0.05) is 6.92 Å². The lowest BCUT2D eigenvalue weighted by Crippen LogP contribution is -2.32. The summed E-state index contributed by atoms with van der Waals surface area (Å²) in [5.41, 5.74) is 1.43. The van der Waals surface area contributed by atoms with E-state index in [-0.39, 0.29) is 0 Å². The summed E-state index contributed by atoms with van der Waals surface area (Å²) in [6.07, 6.45) is 4.66. The van der Waals surface area contributed by atoms with Crippen LogP contribution in [0.1, 0.15) is 31.4 Å². The third kappa shape index (κ3) is 1.94. The molecule has 1 aliphatic heterocycles. The Morgan fingerprint density at radius 1 is 1.46 bits per heavy atom. The predicted molar refractivity (Wildman–Crippen MR) is 54.9 cm³/mol. The molecule has 1 aromatic rings. The monoisotopic (exact) mass is 178 g/mol. The Bertz CT molecular complexity index is 233. The van der Waals surface area contributed by atoms with Crippen LogP contribution in [-0.2, 0) is 0 Å². The fourth-order valence-corrected chi connectivity index (χ4v) is 2.16. The molecule has 72 valence electrons. The van der Waals surface area contributed by atoms with Gasteiger partial charge in [0.2, 0.25) is 0 Å². The number of rotatable bonds is 2. The topological polar surface area (TPSA) is 19.0 Å². The Morgan fingerprint density at radius 2 is 2.23 bits per heavy atom. The lowest BCUT2D eigenvalue weighted by molar-refractivity contribution is 0.221. The molecule has 1 N–H and O–H groups in total. The van der Waals surface area contributed by atoms with Crippen LogP contribution in [0.4, 0.5) is 0 Å². The van der Waals surface area contributed by atoms with Gasteiger partial charge >= 0.3 is 0 Å². The molecular formula is C11H18N2. The lowest BCUT2D eigenvalue weighted by Gasteiger charge is -2.30. The molecule has 1 fully saturated rings. The number of nitrogens with zero attached hydrogens (tertiary/aromatic N) is 1. The van der Waals surface area contributed by atoms with Crippen molar-refractivity contribution >= 4 is 0 Å². The first-order valence-corrected chi connectivity index (χ1v) is 5.25. The molecule has 13 heavy (non-hydrogen) atoms. The van der Waals surface area contributed by atoms with Gasteiger partial charge in [-0.2, -0.15) is 0 Å². The summed E-state index contributed by atoms with van der Waals surface area (Å²) >= 11 is 0. The van der Waals surface area contributed by atoms with Crippen LogP contribution >= 0.6 is 0 Å². The molecule has 2 heteroatoms. The highest BCUT2D eigenvalue weighted by Crippen LogP contribution is 2.26. The number of aromatic amines is 1. The Hall–Kier alpha value is -0.760. The van der Waals surface area contributed by atoms with Crippen molar-refractivity contribution in [3.8, 4) is 0 Å². The highest BCUT2D eigenvalue weighted by Gasteiger charge is 2.19. The molecule has 0 aromatic carbocycles. The molecule has 1 aliphatic rings. The SMILES string of the molecule is CCN1CCC(c2ccc[nH]2)CC1. The largest absolute Gasteiger partial charge is 0.365 e. The summed E-state index contributed by atoms with van der Waals surface area (Å²) < 4.78 is 0. The molecular weight excluding hydrogens is 160 g/mol. The van der Waals surface area contributed by atoms with Gasteiger partial charge in [-0.05, 0) is 44.6 Å². The molecule has 2 rings (SSSR count). The van der Waals surface area contributed by atoms with E-state index in [0.717, 1.165) is 5.92 Å². The summed E-state index contributed by atoms with van der Waals surface area (Å²) in [5.74, 6) is 0.776. The van der Waals surface area contributed by atoms with E-state index in [2.05, 4.69) is 28.9 Å². The van der Waals surface area contributed by atoms with Crippen LogP contribution in [0.25, 0.3) is 0 Å². The van der Waals surface area contributed by atoms with Crippen LogP contribution in [0.3, 0.4) is 0 Å². The quantitative estimate of drug-likeness (QED) is 0.735. The van der Waals surface area contributed by atoms with Crippen molar-refractivity contribution in [1.29, 1.82) is 0 Å². The first-order chi connectivity index (χ1) is 6.40. The second kappa shape index (κ2) is 3.97. The highest BCUT2D eigenvalue weighted by molar-refractivity contribution is 5.10. The summed E-state index contributed by atoms with van der Waals surface area (Å²) in [6.45, 7) is 5.98. The number of hydrogen-bond donors (Lipinski definition) is 1. The summed E-state index contributed by atoms with van der Waals surface area (Å²) in [6, 6.07) is 4.31. The maximum atomic E-state index is 3.32. The van der Waals surface area contributed by atoms with Crippen LogP contribution in [0, 0.1) is 0 Å².